The number of nitrogens with zero attached hydrogens (tertiary/aromatic N) is 4. The van der Waals surface area contributed by atoms with E-state index in [0.29, 0.717) is 6.54 Å². The molecule has 3 aliphatic carbocycles. The second-order valence-corrected chi connectivity index (χ2v) is 23.5. The molecule has 0 aromatic heterocycles. The SMILES string of the molecule is CC=CC(=CCN)N(C(C)=CC=C1C(c2cccc(C3=CC=C(N(c4cc#ccc4)c4ccccc4)CC3)c2)=c2cc(N(c3ccccc3)c3ccccc3)ccc2=C(c2cccc(-c3ccc(N(c4ccccc4)c4ccccc4)cc3)c2)C1C)C1=CC=CCC=C1. The van der Waals surface area contributed by atoms with E-state index in [9.17, 15) is 0 Å². The Labute approximate surface area is 549 Å². The Balaban J connectivity index is 1.03. The van der Waals surface area contributed by atoms with Gasteiger partial charge in [-0.05, 0) is 239 Å². The van der Waals surface area contributed by atoms with Crippen molar-refractivity contribution in [2.24, 2.45) is 11.7 Å². The molecular weight excluding hydrogens is 1130 g/mol. The maximum atomic E-state index is 6.37. The van der Waals surface area contributed by atoms with E-state index in [0.717, 1.165) is 104 Å². The average Bonchev–Trinajstić information content (AvgIpc) is 0.840. The minimum Gasteiger partial charge on any atom is -0.327 e. The predicted molar refractivity (Wildman–Crippen MR) is 392 cm³/mol. The number of allylic oxidation sites excluding steroid dienone is 15. The maximum absolute atomic E-state index is 6.37. The van der Waals surface area contributed by atoms with Gasteiger partial charge in [-0.1, -0.05) is 201 Å². The molecule has 0 amide bonds. The highest BCUT2D eigenvalue weighted by Crippen LogP contribution is 2.43. The van der Waals surface area contributed by atoms with Crippen LogP contribution in [0.25, 0.3) is 27.8 Å². The van der Waals surface area contributed by atoms with Gasteiger partial charge in [0.05, 0.1) is 5.69 Å². The van der Waals surface area contributed by atoms with Crippen molar-refractivity contribution in [1.82, 2.24) is 4.90 Å². The van der Waals surface area contributed by atoms with Gasteiger partial charge in [0, 0.05) is 81.1 Å². The molecule has 10 aromatic carbocycles. The van der Waals surface area contributed by atoms with Crippen molar-refractivity contribution in [2.45, 2.75) is 40.0 Å². The third kappa shape index (κ3) is 13.3. The van der Waals surface area contributed by atoms with Gasteiger partial charge < -0.3 is 25.3 Å². The fourth-order valence-electron chi connectivity index (χ4n) is 13.2. The molecule has 0 spiro atoms. The van der Waals surface area contributed by atoms with Crippen LogP contribution < -0.4 is 30.9 Å². The predicted octanol–water partition coefficient (Wildman–Crippen LogP) is 20.8. The third-order valence-corrected chi connectivity index (χ3v) is 17.6. The summed E-state index contributed by atoms with van der Waals surface area (Å²) in [6.07, 6.45) is 29.3. The molecule has 0 saturated heterocycles. The molecule has 0 saturated carbocycles. The Morgan fingerprint density at radius 2 is 1.08 bits per heavy atom. The molecule has 0 aliphatic heterocycles. The first-order chi connectivity index (χ1) is 45.9. The van der Waals surface area contributed by atoms with Crippen molar-refractivity contribution in [3.05, 3.63) is 401 Å². The van der Waals surface area contributed by atoms with Crippen LogP contribution in [0.2, 0.25) is 0 Å². The van der Waals surface area contributed by atoms with Crippen molar-refractivity contribution in [2.75, 3.05) is 21.2 Å². The summed E-state index contributed by atoms with van der Waals surface area (Å²) in [5.41, 5.74) is 30.2. The Kier molecular flexibility index (Phi) is 18.6. The fraction of sp³-hybridized carbons (Fsp3) is 0.0909. The molecule has 2 N–H and O–H groups in total. The smallest absolute Gasteiger partial charge is 0.0548 e. The minimum absolute atomic E-state index is 0.0764. The van der Waals surface area contributed by atoms with Crippen LogP contribution in [-0.2, 0) is 0 Å². The van der Waals surface area contributed by atoms with E-state index in [2.05, 4.69) is 374 Å². The number of hydrogen-bond donors (Lipinski definition) is 1. The van der Waals surface area contributed by atoms with Gasteiger partial charge in [0.1, 0.15) is 0 Å². The lowest BCUT2D eigenvalue weighted by Gasteiger charge is -2.31. The first-order valence-electron chi connectivity index (χ1n) is 32.3. The monoisotopic (exact) mass is 1200 g/mol. The van der Waals surface area contributed by atoms with Crippen LogP contribution in [0.1, 0.15) is 56.7 Å². The zero-order valence-electron chi connectivity index (χ0n) is 53.0. The van der Waals surface area contributed by atoms with Crippen molar-refractivity contribution in [3.63, 3.8) is 0 Å². The van der Waals surface area contributed by atoms with Crippen LogP contribution in [0.3, 0.4) is 0 Å². The Morgan fingerprint density at radius 3 is 1.67 bits per heavy atom. The van der Waals surface area contributed by atoms with Crippen LogP contribution in [-0.4, -0.2) is 11.4 Å². The molecule has 93 heavy (non-hydrogen) atoms. The van der Waals surface area contributed by atoms with Crippen LogP contribution in [0.15, 0.2) is 362 Å². The van der Waals surface area contributed by atoms with Crippen LogP contribution in [0, 0.1) is 18.1 Å². The number of anilines is 8. The summed E-state index contributed by atoms with van der Waals surface area (Å²) in [6, 6.07) is 100. The molecule has 5 heteroatoms. The lowest BCUT2D eigenvalue weighted by molar-refractivity contribution is 0.558. The minimum atomic E-state index is -0.0764. The van der Waals surface area contributed by atoms with Crippen molar-refractivity contribution >= 4 is 62.2 Å². The summed E-state index contributed by atoms with van der Waals surface area (Å²) in [4.78, 5) is 9.38. The van der Waals surface area contributed by atoms with Gasteiger partial charge in [0.15, 0.2) is 0 Å². The Hall–Kier alpha value is -11.4. The normalized spacial score (nSPS) is 15.2. The molecule has 0 fully saturated rings. The van der Waals surface area contributed by atoms with Crippen LogP contribution in [0.4, 0.5) is 45.5 Å². The van der Waals surface area contributed by atoms with E-state index >= 15 is 0 Å². The first kappa shape index (κ1) is 60.5. The van der Waals surface area contributed by atoms with E-state index in [4.69, 9.17) is 5.73 Å². The van der Waals surface area contributed by atoms with Gasteiger partial charge in [-0.25, -0.2) is 0 Å². The Morgan fingerprint density at radius 1 is 0.505 bits per heavy atom. The second-order valence-electron chi connectivity index (χ2n) is 23.5. The number of hydrogen-bond acceptors (Lipinski definition) is 5. The number of fused-ring (bicyclic) bond motifs is 1. The summed E-state index contributed by atoms with van der Waals surface area (Å²) in [5.74, 6) is -0.0764. The zero-order chi connectivity index (χ0) is 63.3. The third-order valence-electron chi connectivity index (χ3n) is 17.6. The second kappa shape index (κ2) is 28.6. The summed E-state index contributed by atoms with van der Waals surface area (Å²) in [7, 11) is 0. The highest BCUT2D eigenvalue weighted by Gasteiger charge is 2.29. The van der Waals surface area contributed by atoms with Gasteiger partial charge >= 0.3 is 0 Å². The quantitative estimate of drug-likeness (QED) is 0.0817. The summed E-state index contributed by atoms with van der Waals surface area (Å²) < 4.78 is 0. The highest BCUT2D eigenvalue weighted by atomic mass is 15.2. The largest absolute Gasteiger partial charge is 0.327 e. The molecule has 10 aromatic rings. The van der Waals surface area contributed by atoms with Crippen LogP contribution in [0.5, 0.6) is 0 Å². The Bertz CT molecular complexity index is 4570. The van der Waals surface area contributed by atoms with Crippen molar-refractivity contribution in [1.29, 1.82) is 0 Å². The molecule has 5 nitrogen and oxygen atoms in total. The molecule has 0 heterocycles. The lowest BCUT2D eigenvalue weighted by atomic mass is 9.75. The highest BCUT2D eigenvalue weighted by molar-refractivity contribution is 5.91. The molecule has 1 atom stereocenters. The standard InChI is InChI=1S/C88H75N5/c1-4-29-73(60-61-89)90(74-34-13-5-6-14-35-74)65(2)48-58-84-66(3)87(71-32-27-30-69(62-71)67-49-53-81(54-50-67)91(75-36-15-7-16-37-75)76-38-17-8-18-39-76)85-59-57-83(93(79-44-23-11-24-45-79)80-46-25-12-26-47-80)64-86(85)88(84)72-33-28-31-70(63-72)68-51-55-82(56-52-68)92(77-40-19-9-20-41-77)78-42-21-10-22-43-78/h4-5,7-9,11-21,23-51,53-55,57-60,62-64,66H,6,52,56,61,89H2,1-3H3. The topological polar surface area (TPSA) is 39.0 Å². The van der Waals surface area contributed by atoms with E-state index in [1.165, 1.54) is 44.3 Å². The molecule has 13 rings (SSSR count). The lowest BCUT2D eigenvalue weighted by Crippen LogP contribution is -2.37. The van der Waals surface area contributed by atoms with Gasteiger partial charge in [0.25, 0.3) is 0 Å². The summed E-state index contributed by atoms with van der Waals surface area (Å²) >= 11 is 0. The van der Waals surface area contributed by atoms with Crippen molar-refractivity contribution < 1.29 is 0 Å². The van der Waals surface area contributed by atoms with Crippen molar-refractivity contribution in [3.8, 4) is 11.1 Å². The van der Waals surface area contributed by atoms with E-state index < -0.39 is 0 Å². The molecule has 452 valence electrons. The molecule has 0 radical (unpaired) electrons. The molecule has 3 aliphatic rings. The zero-order valence-corrected chi connectivity index (χ0v) is 53.0. The van der Waals surface area contributed by atoms with Gasteiger partial charge in [-0.3, -0.25) is 0 Å². The average molecular weight is 1200 g/mol. The number of rotatable bonds is 19. The molecule has 0 bridgehead atoms. The number of benzene rings is 9. The maximum Gasteiger partial charge on any atom is 0.0548 e. The number of para-hydroxylation sites is 5. The fourth-order valence-corrected chi connectivity index (χ4v) is 13.2. The summed E-state index contributed by atoms with van der Waals surface area (Å²) in [6.45, 7) is 7.09. The van der Waals surface area contributed by atoms with Gasteiger partial charge in [0.2, 0.25) is 0 Å². The molecular formula is C88H75N5. The van der Waals surface area contributed by atoms with Gasteiger partial charge in [-0.15, -0.1) is 0 Å². The van der Waals surface area contributed by atoms with E-state index in [1.54, 1.807) is 0 Å². The first-order valence-corrected chi connectivity index (χ1v) is 32.3. The molecule has 1 unspecified atom stereocenters. The van der Waals surface area contributed by atoms with Gasteiger partial charge in [-0.2, -0.15) is 0 Å². The van der Waals surface area contributed by atoms with E-state index in [-0.39, 0.29) is 5.92 Å². The van der Waals surface area contributed by atoms with E-state index in [1.807, 2.05) is 12.1 Å². The van der Waals surface area contributed by atoms with Crippen LogP contribution >= 0.6 is 0 Å². The summed E-state index contributed by atoms with van der Waals surface area (Å²) in [5, 5.41) is 2.36. The number of nitrogens with two attached hydrogens (primary N) is 1.